The zero-order valence-electron chi connectivity index (χ0n) is 13.5. The highest BCUT2D eigenvalue weighted by molar-refractivity contribution is 5.09. The molecule has 0 saturated heterocycles. The fraction of sp³-hybridized carbons (Fsp3) is 0.875. The van der Waals surface area contributed by atoms with Gasteiger partial charge in [0.2, 0.25) is 0 Å². The molecule has 1 N–H and O–H groups in total. The minimum absolute atomic E-state index is 0.439. The fourth-order valence-corrected chi connectivity index (χ4v) is 3.50. The maximum atomic E-state index is 4.29. The van der Waals surface area contributed by atoms with E-state index in [-0.39, 0.29) is 0 Å². The van der Waals surface area contributed by atoms with Gasteiger partial charge in [0.05, 0.1) is 11.9 Å². The van der Waals surface area contributed by atoms with Crippen molar-refractivity contribution in [2.24, 2.45) is 11.3 Å². The van der Waals surface area contributed by atoms with Crippen molar-refractivity contribution in [1.29, 1.82) is 0 Å². The van der Waals surface area contributed by atoms with Crippen molar-refractivity contribution in [3.8, 4) is 0 Å². The molecule has 1 aromatic heterocycles. The van der Waals surface area contributed by atoms with Gasteiger partial charge in [0.25, 0.3) is 0 Å². The largest absolute Gasteiger partial charge is 0.317 e. The zero-order chi connectivity index (χ0) is 14.6. The summed E-state index contributed by atoms with van der Waals surface area (Å²) in [5, 5.41) is 12.0. The first-order valence-corrected chi connectivity index (χ1v) is 8.16. The summed E-state index contributed by atoms with van der Waals surface area (Å²) in [4.78, 5) is 0. The van der Waals surface area contributed by atoms with Crippen molar-refractivity contribution >= 4 is 0 Å². The minimum atomic E-state index is 0.439. The number of nitrogens with one attached hydrogen (secondary N) is 1. The van der Waals surface area contributed by atoms with Crippen LogP contribution in [0, 0.1) is 11.3 Å². The van der Waals surface area contributed by atoms with Crippen LogP contribution in [0.15, 0.2) is 6.20 Å². The molecule has 1 aromatic rings. The average molecular weight is 278 g/mol. The Morgan fingerprint density at radius 3 is 2.90 bits per heavy atom. The van der Waals surface area contributed by atoms with E-state index in [4.69, 9.17) is 0 Å². The van der Waals surface area contributed by atoms with Gasteiger partial charge < -0.3 is 5.32 Å². The molecule has 1 saturated carbocycles. The van der Waals surface area contributed by atoms with Crippen LogP contribution in [-0.4, -0.2) is 28.1 Å². The smallest absolute Gasteiger partial charge is 0.0728 e. The normalized spacial score (nSPS) is 25.8. The molecule has 20 heavy (non-hydrogen) atoms. The van der Waals surface area contributed by atoms with Crippen molar-refractivity contribution in [3.05, 3.63) is 11.9 Å². The van der Waals surface area contributed by atoms with Crippen LogP contribution < -0.4 is 5.32 Å². The topological polar surface area (TPSA) is 42.7 Å². The van der Waals surface area contributed by atoms with Crippen LogP contribution in [0.4, 0.5) is 0 Å². The highest BCUT2D eigenvalue weighted by atomic mass is 15.4. The molecule has 1 aliphatic carbocycles. The summed E-state index contributed by atoms with van der Waals surface area (Å²) in [5.41, 5.74) is 1.79. The molecular formula is C16H30N4. The summed E-state index contributed by atoms with van der Waals surface area (Å²) in [7, 11) is 0. The first kappa shape index (κ1) is 15.5. The van der Waals surface area contributed by atoms with Crippen LogP contribution in [-0.2, 0) is 6.54 Å². The van der Waals surface area contributed by atoms with E-state index in [2.05, 4.69) is 48.0 Å². The fourth-order valence-electron chi connectivity index (χ4n) is 3.50. The van der Waals surface area contributed by atoms with Crippen LogP contribution in [0.5, 0.6) is 0 Å². The molecule has 0 radical (unpaired) electrons. The second kappa shape index (κ2) is 6.70. The van der Waals surface area contributed by atoms with E-state index >= 15 is 0 Å². The van der Waals surface area contributed by atoms with Crippen LogP contribution in [0.1, 0.15) is 65.0 Å². The molecule has 1 aliphatic rings. The summed E-state index contributed by atoms with van der Waals surface area (Å²) in [5.74, 6) is 1.32. The van der Waals surface area contributed by atoms with Gasteiger partial charge in [-0.15, -0.1) is 5.10 Å². The number of hydrogen-bond acceptors (Lipinski definition) is 3. The monoisotopic (exact) mass is 278 g/mol. The van der Waals surface area contributed by atoms with Gasteiger partial charge in [0, 0.05) is 12.5 Å². The lowest BCUT2D eigenvalue weighted by molar-refractivity contribution is 0.154. The van der Waals surface area contributed by atoms with E-state index in [1.165, 1.54) is 25.0 Å². The van der Waals surface area contributed by atoms with E-state index in [0.29, 0.717) is 11.3 Å². The van der Waals surface area contributed by atoms with Crippen molar-refractivity contribution in [1.82, 2.24) is 20.3 Å². The Morgan fingerprint density at radius 1 is 1.40 bits per heavy atom. The molecule has 4 nitrogen and oxygen atoms in total. The molecule has 1 heterocycles. The minimum Gasteiger partial charge on any atom is -0.317 e. The Bertz CT molecular complexity index is 410. The number of aromatic nitrogens is 3. The maximum Gasteiger partial charge on any atom is 0.0728 e. The third-order valence-electron chi connectivity index (χ3n) is 4.65. The van der Waals surface area contributed by atoms with Crippen molar-refractivity contribution < 1.29 is 0 Å². The van der Waals surface area contributed by atoms with Gasteiger partial charge in [-0.2, -0.15) is 0 Å². The second-order valence-electron chi connectivity index (χ2n) is 6.96. The Balaban J connectivity index is 2.19. The van der Waals surface area contributed by atoms with Crippen molar-refractivity contribution in [3.63, 3.8) is 0 Å². The Morgan fingerprint density at radius 2 is 2.20 bits per heavy atom. The predicted molar refractivity (Wildman–Crippen MR) is 82.7 cm³/mol. The third-order valence-corrected chi connectivity index (χ3v) is 4.65. The van der Waals surface area contributed by atoms with Crippen molar-refractivity contribution in [2.45, 2.75) is 65.8 Å². The molecule has 1 fully saturated rings. The highest BCUT2D eigenvalue weighted by Crippen LogP contribution is 2.46. The van der Waals surface area contributed by atoms with Gasteiger partial charge >= 0.3 is 0 Å². The molecular weight excluding hydrogens is 248 g/mol. The van der Waals surface area contributed by atoms with Gasteiger partial charge in [-0.3, -0.25) is 0 Å². The summed E-state index contributed by atoms with van der Waals surface area (Å²) >= 11 is 0. The highest BCUT2D eigenvalue weighted by Gasteiger charge is 2.37. The van der Waals surface area contributed by atoms with Crippen LogP contribution in [0.3, 0.4) is 0 Å². The van der Waals surface area contributed by atoms with Crippen LogP contribution >= 0.6 is 0 Å². The van der Waals surface area contributed by atoms with Crippen LogP contribution in [0.25, 0.3) is 0 Å². The lowest BCUT2D eigenvalue weighted by Crippen LogP contribution is -2.35. The molecule has 0 bridgehead atoms. The average Bonchev–Trinajstić information content (AvgIpc) is 2.85. The number of nitrogens with zero attached hydrogens (tertiary/aromatic N) is 3. The van der Waals surface area contributed by atoms with Crippen LogP contribution in [0.2, 0.25) is 0 Å². The molecule has 0 spiro atoms. The van der Waals surface area contributed by atoms with Gasteiger partial charge in [0.15, 0.2) is 0 Å². The van der Waals surface area contributed by atoms with E-state index in [9.17, 15) is 0 Å². The van der Waals surface area contributed by atoms with E-state index in [0.717, 1.165) is 32.0 Å². The lowest BCUT2D eigenvalue weighted by Gasteiger charge is -2.41. The van der Waals surface area contributed by atoms with Gasteiger partial charge in [-0.25, -0.2) is 4.68 Å². The third kappa shape index (κ3) is 3.60. The molecule has 0 amide bonds. The molecule has 2 rings (SSSR count). The Hall–Kier alpha value is -0.900. The van der Waals surface area contributed by atoms with Gasteiger partial charge in [-0.1, -0.05) is 32.9 Å². The predicted octanol–water partition coefficient (Wildman–Crippen LogP) is 3.21. The Labute approximate surface area is 123 Å². The number of rotatable bonds is 6. The number of aryl methyl sites for hydroxylation is 1. The lowest BCUT2D eigenvalue weighted by atomic mass is 9.66. The van der Waals surface area contributed by atoms with Gasteiger partial charge in [-0.05, 0) is 50.1 Å². The Kier molecular flexibility index (Phi) is 5.19. The second-order valence-corrected chi connectivity index (χ2v) is 6.96. The quantitative estimate of drug-likeness (QED) is 0.869. The first-order chi connectivity index (χ1) is 9.57. The molecule has 4 heteroatoms. The SMILES string of the molecule is CCCn1nncc1C1CC(C)(C)CCC1CNCC. The molecule has 114 valence electrons. The summed E-state index contributed by atoms with van der Waals surface area (Å²) in [6.07, 6.45) is 7.00. The molecule has 0 aliphatic heterocycles. The summed E-state index contributed by atoms with van der Waals surface area (Å²) in [6, 6.07) is 0. The van der Waals surface area contributed by atoms with E-state index < -0.39 is 0 Å². The maximum absolute atomic E-state index is 4.29. The first-order valence-electron chi connectivity index (χ1n) is 8.16. The van der Waals surface area contributed by atoms with Gasteiger partial charge in [0.1, 0.15) is 0 Å². The standard InChI is InChI=1S/C16H30N4/c1-5-9-20-15(12-18-19-20)14-10-16(3,4)8-7-13(14)11-17-6-2/h12-14,17H,5-11H2,1-4H3. The van der Waals surface area contributed by atoms with E-state index in [1.54, 1.807) is 0 Å². The van der Waals surface area contributed by atoms with Crippen molar-refractivity contribution in [2.75, 3.05) is 13.1 Å². The summed E-state index contributed by atoms with van der Waals surface area (Å²) in [6.45, 7) is 12.3. The molecule has 2 unspecified atom stereocenters. The number of hydrogen-bond donors (Lipinski definition) is 1. The zero-order valence-corrected chi connectivity index (χ0v) is 13.5. The van der Waals surface area contributed by atoms with E-state index in [1.807, 2.05) is 6.20 Å². The molecule has 0 aromatic carbocycles. The molecule has 2 atom stereocenters. The summed E-state index contributed by atoms with van der Waals surface area (Å²) < 4.78 is 2.13.